The normalized spacial score (nSPS) is 15.1. The lowest BCUT2D eigenvalue weighted by molar-refractivity contribution is -0.105. The van der Waals surface area contributed by atoms with Crippen molar-refractivity contribution in [1.82, 2.24) is 25.0 Å². The highest BCUT2D eigenvalue weighted by Gasteiger charge is 2.30. The van der Waals surface area contributed by atoms with Crippen LogP contribution >= 0.6 is 39.0 Å². The summed E-state index contributed by atoms with van der Waals surface area (Å²) in [7, 11) is 1.53. The van der Waals surface area contributed by atoms with Gasteiger partial charge in [-0.2, -0.15) is 5.26 Å². The summed E-state index contributed by atoms with van der Waals surface area (Å²) < 4.78 is 14.1. The molecule has 3 rings (SSSR count). The van der Waals surface area contributed by atoms with E-state index < -0.39 is 23.7 Å². The number of rotatable bonds is 11. The molecule has 0 saturated carbocycles. The standard InChI is InChI=1S/C20H23BrN6O4S2/c1-11-10-32-19(24-11)15-7-27(26-25-15)8-16(30-3)20(31-17(9-28)12(2)29)33-18-4-13(21)6-23-14(18)5-22/h4,6-7,10,12,16-17,20,28-29H,8-9H2,1-3H3/t12-,16+,17?,20?/m1/s1. The third-order valence-electron chi connectivity index (χ3n) is 4.55. The molecule has 3 aromatic rings. The molecule has 0 amide bonds. The van der Waals surface area contributed by atoms with Crippen LogP contribution in [-0.4, -0.2) is 72.6 Å². The van der Waals surface area contributed by atoms with Gasteiger partial charge in [-0.05, 0) is 35.8 Å². The molecule has 0 aliphatic rings. The molecule has 13 heteroatoms. The summed E-state index contributed by atoms with van der Waals surface area (Å²) in [4.78, 5) is 9.13. The van der Waals surface area contributed by atoms with E-state index in [1.807, 2.05) is 12.3 Å². The Kier molecular flexibility index (Phi) is 9.33. The Morgan fingerprint density at radius 2 is 2.18 bits per heavy atom. The molecule has 0 spiro atoms. The monoisotopic (exact) mass is 554 g/mol. The van der Waals surface area contributed by atoms with Crippen molar-refractivity contribution < 1.29 is 19.7 Å². The average molecular weight is 555 g/mol. The molecule has 0 bridgehead atoms. The number of nitrogens with zero attached hydrogens (tertiary/aromatic N) is 6. The maximum Gasteiger partial charge on any atom is 0.154 e. The number of aromatic nitrogens is 5. The van der Waals surface area contributed by atoms with Gasteiger partial charge in [0, 0.05) is 33.7 Å². The summed E-state index contributed by atoms with van der Waals surface area (Å²) in [5.74, 6) is 0. The fourth-order valence-electron chi connectivity index (χ4n) is 2.81. The summed E-state index contributed by atoms with van der Waals surface area (Å²) >= 11 is 6.07. The quantitative estimate of drug-likeness (QED) is 0.268. The fourth-order valence-corrected chi connectivity index (χ4v) is 5.24. The smallest absolute Gasteiger partial charge is 0.154 e. The molecule has 176 valence electrons. The number of hydrogen-bond acceptors (Lipinski definition) is 11. The highest BCUT2D eigenvalue weighted by Crippen LogP contribution is 2.33. The minimum absolute atomic E-state index is 0.228. The number of aliphatic hydroxyl groups is 2. The van der Waals surface area contributed by atoms with E-state index in [0.717, 1.165) is 10.7 Å². The number of methoxy groups -OCH3 is 1. The van der Waals surface area contributed by atoms with Gasteiger partial charge in [0.25, 0.3) is 0 Å². The van der Waals surface area contributed by atoms with Crippen molar-refractivity contribution in [3.8, 4) is 16.8 Å². The van der Waals surface area contributed by atoms with Gasteiger partial charge < -0.3 is 19.7 Å². The van der Waals surface area contributed by atoms with E-state index in [4.69, 9.17) is 9.47 Å². The predicted molar refractivity (Wildman–Crippen MR) is 127 cm³/mol. The number of pyridine rings is 1. The topological polar surface area (TPSA) is 139 Å². The molecule has 0 aromatic carbocycles. The van der Waals surface area contributed by atoms with Crippen molar-refractivity contribution in [3.05, 3.63) is 39.7 Å². The van der Waals surface area contributed by atoms with Gasteiger partial charge in [0.05, 0.1) is 25.5 Å². The number of halogens is 1. The largest absolute Gasteiger partial charge is 0.394 e. The molecule has 0 saturated heterocycles. The number of thiazole rings is 1. The lowest BCUT2D eigenvalue weighted by Gasteiger charge is -2.30. The van der Waals surface area contributed by atoms with Crippen LogP contribution < -0.4 is 0 Å². The highest BCUT2D eigenvalue weighted by molar-refractivity contribution is 9.10. The van der Waals surface area contributed by atoms with Crippen LogP contribution in [0.4, 0.5) is 0 Å². The number of aryl methyl sites for hydroxylation is 1. The third kappa shape index (κ3) is 6.80. The highest BCUT2D eigenvalue weighted by atomic mass is 79.9. The molecule has 2 unspecified atom stereocenters. The van der Waals surface area contributed by atoms with Gasteiger partial charge in [-0.3, -0.25) is 0 Å². The number of hydrogen-bond donors (Lipinski definition) is 2. The summed E-state index contributed by atoms with van der Waals surface area (Å²) in [5.41, 5.74) is 1.08. The van der Waals surface area contributed by atoms with Crippen LogP contribution in [0.2, 0.25) is 0 Å². The first-order valence-corrected chi connectivity index (χ1v) is 12.4. The summed E-state index contributed by atoms with van der Waals surface area (Å²) in [6.07, 6.45) is 0.968. The van der Waals surface area contributed by atoms with E-state index in [0.29, 0.717) is 15.1 Å². The summed E-state index contributed by atoms with van der Waals surface area (Å²) in [6.45, 7) is 3.33. The third-order valence-corrected chi connectivity index (χ3v) is 7.17. The minimum atomic E-state index is -0.919. The van der Waals surface area contributed by atoms with Crippen molar-refractivity contribution in [1.29, 1.82) is 5.26 Å². The second-order valence-electron chi connectivity index (χ2n) is 7.09. The summed E-state index contributed by atoms with van der Waals surface area (Å²) in [6, 6.07) is 3.83. The number of aliphatic hydroxyl groups excluding tert-OH is 2. The van der Waals surface area contributed by atoms with Crippen molar-refractivity contribution >= 4 is 39.0 Å². The number of ether oxygens (including phenoxy) is 2. The molecular formula is C20H23BrN6O4S2. The zero-order chi connectivity index (χ0) is 24.0. The molecule has 3 heterocycles. The maximum absolute atomic E-state index is 10.0. The van der Waals surface area contributed by atoms with Gasteiger partial charge in [-0.15, -0.1) is 16.4 Å². The molecule has 0 aliphatic heterocycles. The minimum Gasteiger partial charge on any atom is -0.394 e. The Labute approximate surface area is 207 Å². The molecular weight excluding hydrogens is 532 g/mol. The lowest BCUT2D eigenvalue weighted by Crippen LogP contribution is -2.40. The Hall–Kier alpha value is -1.92. The van der Waals surface area contributed by atoms with Gasteiger partial charge in [-0.25, -0.2) is 14.6 Å². The zero-order valence-electron chi connectivity index (χ0n) is 18.1. The first-order valence-electron chi connectivity index (χ1n) is 9.86. The van der Waals surface area contributed by atoms with Crippen LogP contribution in [0.15, 0.2) is 33.2 Å². The van der Waals surface area contributed by atoms with Crippen LogP contribution in [0.25, 0.3) is 10.7 Å². The second kappa shape index (κ2) is 12.0. The van der Waals surface area contributed by atoms with Gasteiger partial charge in [0.15, 0.2) is 5.69 Å². The first-order chi connectivity index (χ1) is 15.8. The van der Waals surface area contributed by atoms with Crippen molar-refractivity contribution in [2.75, 3.05) is 13.7 Å². The van der Waals surface area contributed by atoms with Gasteiger partial charge in [-0.1, -0.05) is 17.0 Å². The van der Waals surface area contributed by atoms with Crippen molar-refractivity contribution in [2.24, 2.45) is 0 Å². The molecule has 0 aliphatic carbocycles. The van der Waals surface area contributed by atoms with Crippen molar-refractivity contribution in [3.63, 3.8) is 0 Å². The Morgan fingerprint density at radius 3 is 2.79 bits per heavy atom. The van der Waals surface area contributed by atoms with E-state index in [1.54, 1.807) is 16.9 Å². The molecule has 10 nitrogen and oxygen atoms in total. The SMILES string of the molecule is CO[C@@H](Cn1cc(-c2nc(C)cs2)nn1)C(OC(CO)[C@@H](C)O)Sc1cc(Br)cnc1C#N. The van der Waals surface area contributed by atoms with Crippen LogP contribution in [0.1, 0.15) is 18.3 Å². The molecule has 33 heavy (non-hydrogen) atoms. The van der Waals surface area contributed by atoms with E-state index in [1.165, 1.54) is 43.3 Å². The van der Waals surface area contributed by atoms with Gasteiger partial charge >= 0.3 is 0 Å². The second-order valence-corrected chi connectivity index (χ2v) is 10.0. The van der Waals surface area contributed by atoms with Crippen molar-refractivity contribution in [2.45, 2.75) is 49.0 Å². The molecule has 2 N–H and O–H groups in total. The molecule has 0 radical (unpaired) electrons. The zero-order valence-corrected chi connectivity index (χ0v) is 21.3. The number of nitriles is 1. The Morgan fingerprint density at radius 1 is 1.39 bits per heavy atom. The van der Waals surface area contributed by atoms with Gasteiger partial charge in [0.1, 0.15) is 34.4 Å². The van der Waals surface area contributed by atoms with E-state index in [9.17, 15) is 15.5 Å². The Balaban J connectivity index is 1.86. The molecule has 0 fully saturated rings. The van der Waals surface area contributed by atoms with E-state index in [2.05, 4.69) is 42.3 Å². The van der Waals surface area contributed by atoms with Crippen LogP contribution in [0.5, 0.6) is 0 Å². The fraction of sp³-hybridized carbons (Fsp3) is 0.450. The number of thioether (sulfide) groups is 1. The predicted octanol–water partition coefficient (Wildman–Crippen LogP) is 2.63. The lowest BCUT2D eigenvalue weighted by atomic mass is 10.2. The van der Waals surface area contributed by atoms with Gasteiger partial charge in [0.2, 0.25) is 0 Å². The Bertz CT molecular complexity index is 1100. The average Bonchev–Trinajstić information content (AvgIpc) is 3.43. The maximum atomic E-state index is 10.0. The van der Waals surface area contributed by atoms with E-state index >= 15 is 0 Å². The van der Waals surface area contributed by atoms with Crippen LogP contribution in [-0.2, 0) is 16.0 Å². The molecule has 4 atom stereocenters. The van der Waals surface area contributed by atoms with Crippen LogP contribution in [0.3, 0.4) is 0 Å². The van der Waals surface area contributed by atoms with Crippen LogP contribution in [0, 0.1) is 18.3 Å². The summed E-state index contributed by atoms with van der Waals surface area (Å²) in [5, 5.41) is 40.2. The van der Waals surface area contributed by atoms with E-state index in [-0.39, 0.29) is 18.8 Å². The first kappa shape index (κ1) is 25.7. The molecule has 3 aromatic heterocycles.